The minimum atomic E-state index is -1.10. The summed E-state index contributed by atoms with van der Waals surface area (Å²) in [5.41, 5.74) is 1.93. The van der Waals surface area contributed by atoms with E-state index in [4.69, 9.17) is 9.47 Å². The van der Waals surface area contributed by atoms with Gasteiger partial charge in [0.25, 0.3) is 6.29 Å². The van der Waals surface area contributed by atoms with E-state index in [9.17, 15) is 14.4 Å². The summed E-state index contributed by atoms with van der Waals surface area (Å²) in [6.45, 7) is 3.42. The quantitative estimate of drug-likeness (QED) is 0.546. The van der Waals surface area contributed by atoms with Crippen LogP contribution in [0.4, 0.5) is 0 Å². The Kier molecular flexibility index (Phi) is 5.50. The normalized spacial score (nSPS) is 30.3. The van der Waals surface area contributed by atoms with Crippen LogP contribution in [0.15, 0.2) is 24.3 Å². The molecule has 5 heteroatoms. The fourth-order valence-electron chi connectivity index (χ4n) is 6.09. The second-order valence-electron chi connectivity index (χ2n) is 8.67. The number of ketones is 1. The minimum Gasteiger partial charge on any atom is -0.424 e. The summed E-state index contributed by atoms with van der Waals surface area (Å²) in [5.74, 6) is 0.103. The van der Waals surface area contributed by atoms with Crippen molar-refractivity contribution in [3.8, 4) is 0 Å². The average Bonchev–Trinajstić information content (AvgIpc) is 3.10. The molecule has 0 N–H and O–H groups in total. The van der Waals surface area contributed by atoms with E-state index in [1.807, 2.05) is 0 Å². The summed E-state index contributed by atoms with van der Waals surface area (Å²) in [4.78, 5) is 37.5. The van der Waals surface area contributed by atoms with Gasteiger partial charge in [-0.15, -0.1) is 0 Å². The molecule has 0 bridgehead atoms. The predicted octanol–water partition coefficient (Wildman–Crippen LogP) is 4.32. The van der Waals surface area contributed by atoms with Crippen molar-refractivity contribution in [2.45, 2.75) is 77.4 Å². The fourth-order valence-corrected chi connectivity index (χ4v) is 6.09. The molecule has 2 saturated carbocycles. The Bertz CT molecular complexity index is 797. The maximum absolute atomic E-state index is 13.2. The number of esters is 2. The van der Waals surface area contributed by atoms with Crippen LogP contribution in [0.3, 0.4) is 0 Å². The van der Waals surface area contributed by atoms with Crippen LogP contribution in [0, 0.1) is 17.3 Å². The second-order valence-corrected chi connectivity index (χ2v) is 8.67. The van der Waals surface area contributed by atoms with Crippen LogP contribution in [0.1, 0.15) is 75.8 Å². The van der Waals surface area contributed by atoms with E-state index in [1.54, 1.807) is 13.8 Å². The molecule has 1 aromatic carbocycles. The van der Waals surface area contributed by atoms with Crippen LogP contribution < -0.4 is 0 Å². The van der Waals surface area contributed by atoms with E-state index in [0.29, 0.717) is 24.7 Å². The van der Waals surface area contributed by atoms with Crippen LogP contribution >= 0.6 is 0 Å². The van der Waals surface area contributed by atoms with Crippen molar-refractivity contribution in [1.82, 2.24) is 0 Å². The first kappa shape index (κ1) is 20.1. The van der Waals surface area contributed by atoms with E-state index in [-0.39, 0.29) is 24.5 Å². The topological polar surface area (TPSA) is 69.7 Å². The Hall–Kier alpha value is -2.17. The summed E-state index contributed by atoms with van der Waals surface area (Å²) in [5, 5.41) is 0. The van der Waals surface area contributed by atoms with Crippen LogP contribution in [-0.2, 0) is 30.3 Å². The molecule has 156 valence electrons. The maximum Gasteiger partial charge on any atom is 0.308 e. The monoisotopic (exact) mass is 398 g/mol. The Labute approximate surface area is 172 Å². The van der Waals surface area contributed by atoms with Gasteiger partial charge >= 0.3 is 11.9 Å². The summed E-state index contributed by atoms with van der Waals surface area (Å²) >= 11 is 0. The number of hydrogen-bond donors (Lipinski definition) is 0. The molecule has 3 aliphatic carbocycles. The van der Waals surface area contributed by atoms with Gasteiger partial charge in [-0.05, 0) is 61.0 Å². The van der Waals surface area contributed by atoms with Gasteiger partial charge in [0.15, 0.2) is 0 Å². The van der Waals surface area contributed by atoms with Crippen LogP contribution in [0.5, 0.6) is 0 Å². The largest absolute Gasteiger partial charge is 0.424 e. The Morgan fingerprint density at radius 2 is 1.72 bits per heavy atom. The number of aryl methyl sites for hydroxylation is 1. The summed E-state index contributed by atoms with van der Waals surface area (Å²) in [6.07, 6.45) is 4.03. The summed E-state index contributed by atoms with van der Waals surface area (Å²) in [6, 6.07) is 8.62. The van der Waals surface area contributed by atoms with E-state index < -0.39 is 23.6 Å². The van der Waals surface area contributed by atoms with E-state index in [1.165, 1.54) is 11.1 Å². The lowest BCUT2D eigenvalue weighted by atomic mass is 9.54. The van der Waals surface area contributed by atoms with Gasteiger partial charge in [0, 0.05) is 19.3 Å². The Morgan fingerprint density at radius 3 is 2.41 bits per heavy atom. The molecular formula is C24H30O5. The molecule has 0 spiro atoms. The van der Waals surface area contributed by atoms with Gasteiger partial charge in [0.05, 0.1) is 0 Å². The molecule has 0 radical (unpaired) electrons. The molecule has 0 amide bonds. The van der Waals surface area contributed by atoms with Crippen molar-refractivity contribution in [2.24, 2.45) is 17.3 Å². The molecule has 0 aromatic heterocycles. The second kappa shape index (κ2) is 7.92. The predicted molar refractivity (Wildman–Crippen MR) is 107 cm³/mol. The number of benzene rings is 1. The molecule has 2 fully saturated rings. The van der Waals surface area contributed by atoms with Crippen molar-refractivity contribution in [3.63, 3.8) is 0 Å². The molecule has 4 atom stereocenters. The van der Waals surface area contributed by atoms with Crippen molar-refractivity contribution in [2.75, 3.05) is 0 Å². The number of hydrogen-bond acceptors (Lipinski definition) is 5. The van der Waals surface area contributed by atoms with Gasteiger partial charge in [-0.1, -0.05) is 38.1 Å². The third kappa shape index (κ3) is 3.28. The lowest BCUT2D eigenvalue weighted by Crippen LogP contribution is -2.54. The van der Waals surface area contributed by atoms with Gasteiger partial charge in [0.1, 0.15) is 11.2 Å². The average molecular weight is 398 g/mol. The fraction of sp³-hybridized carbons (Fsp3) is 0.625. The number of rotatable bonds is 5. The number of fused-ring (bicyclic) bond motifs is 5. The molecule has 0 unspecified atom stereocenters. The molecule has 3 aliphatic rings. The zero-order valence-corrected chi connectivity index (χ0v) is 17.3. The highest BCUT2D eigenvalue weighted by atomic mass is 16.7. The molecule has 5 nitrogen and oxygen atoms in total. The molecule has 0 saturated heterocycles. The molecule has 1 aromatic rings. The number of ether oxygens (including phenoxy) is 2. The zero-order valence-electron chi connectivity index (χ0n) is 17.3. The highest BCUT2D eigenvalue weighted by Crippen LogP contribution is 2.61. The lowest BCUT2D eigenvalue weighted by molar-refractivity contribution is -0.224. The van der Waals surface area contributed by atoms with E-state index >= 15 is 0 Å². The highest BCUT2D eigenvalue weighted by Gasteiger charge is 2.63. The zero-order chi connectivity index (χ0) is 20.6. The summed E-state index contributed by atoms with van der Waals surface area (Å²) < 4.78 is 11.3. The van der Waals surface area contributed by atoms with Crippen LogP contribution in [0.25, 0.3) is 0 Å². The van der Waals surface area contributed by atoms with E-state index in [2.05, 4.69) is 24.3 Å². The lowest BCUT2D eigenvalue weighted by Gasteiger charge is -2.51. The van der Waals surface area contributed by atoms with E-state index in [0.717, 1.165) is 25.7 Å². The Morgan fingerprint density at radius 1 is 1.03 bits per heavy atom. The van der Waals surface area contributed by atoms with Gasteiger partial charge in [-0.3, -0.25) is 14.4 Å². The molecule has 29 heavy (non-hydrogen) atoms. The van der Waals surface area contributed by atoms with Crippen molar-refractivity contribution in [3.05, 3.63) is 35.4 Å². The number of Topliss-reactive ketones (excluding diaryl/α,β-unsaturated/α-hetero) is 1. The molecular weight excluding hydrogens is 368 g/mol. The Balaban J connectivity index is 1.70. The van der Waals surface area contributed by atoms with Gasteiger partial charge in [-0.25, -0.2) is 0 Å². The molecule has 4 rings (SSSR count). The van der Waals surface area contributed by atoms with Crippen molar-refractivity contribution in [1.29, 1.82) is 0 Å². The van der Waals surface area contributed by atoms with Crippen molar-refractivity contribution >= 4 is 17.7 Å². The molecule has 0 heterocycles. The standard InChI is InChI=1S/C24H30O5/c1-3-21(26)28-23(29-22(27)4-2)24-14-13-17-16-8-6-5-7-15(16)9-10-18(17)19(24)11-12-20(24)25/h5-8,17-19,23H,3-4,9-14H2,1-2H3/t17-,18-,19+,24-/m1/s1. The maximum atomic E-state index is 13.2. The number of carbonyl (C=O) groups is 3. The van der Waals surface area contributed by atoms with Gasteiger partial charge in [0.2, 0.25) is 0 Å². The first-order chi connectivity index (χ1) is 14.0. The van der Waals surface area contributed by atoms with Gasteiger partial charge in [-0.2, -0.15) is 0 Å². The first-order valence-corrected chi connectivity index (χ1v) is 11.0. The first-order valence-electron chi connectivity index (χ1n) is 11.0. The van der Waals surface area contributed by atoms with Crippen LogP contribution in [0.2, 0.25) is 0 Å². The molecule has 0 aliphatic heterocycles. The van der Waals surface area contributed by atoms with Gasteiger partial charge < -0.3 is 9.47 Å². The third-order valence-corrected chi connectivity index (χ3v) is 7.44. The van der Waals surface area contributed by atoms with Crippen molar-refractivity contribution < 1.29 is 23.9 Å². The SMILES string of the molecule is CCC(=O)OC(OC(=O)CC)[C@]12CC[C@@H]3c4ccccc4CC[C@H]3[C@@H]1CCC2=O. The van der Waals surface area contributed by atoms with Crippen LogP contribution in [-0.4, -0.2) is 24.0 Å². The minimum absolute atomic E-state index is 0.0846. The number of carbonyl (C=O) groups excluding carboxylic acids is 3. The summed E-state index contributed by atoms with van der Waals surface area (Å²) in [7, 11) is 0. The smallest absolute Gasteiger partial charge is 0.308 e. The third-order valence-electron chi connectivity index (χ3n) is 7.44. The highest BCUT2D eigenvalue weighted by molar-refractivity contribution is 5.89.